The van der Waals surface area contributed by atoms with Crippen molar-refractivity contribution in [2.75, 3.05) is 0 Å². The van der Waals surface area contributed by atoms with Crippen LogP contribution in [0.5, 0.6) is 5.88 Å². The summed E-state index contributed by atoms with van der Waals surface area (Å²) in [7, 11) is 0. The van der Waals surface area contributed by atoms with Crippen LogP contribution >= 0.6 is 0 Å². The Labute approximate surface area is 219 Å². The van der Waals surface area contributed by atoms with Gasteiger partial charge in [-0.3, -0.25) is 33.7 Å². The van der Waals surface area contributed by atoms with Crippen molar-refractivity contribution >= 4 is 35.1 Å². The summed E-state index contributed by atoms with van der Waals surface area (Å²) in [6.07, 6.45) is -5.87. The van der Waals surface area contributed by atoms with E-state index in [2.05, 4.69) is 9.97 Å². The molecule has 206 valence electrons. The van der Waals surface area contributed by atoms with Crippen LogP contribution in [-0.2, 0) is 19.1 Å². The fourth-order valence-electron chi connectivity index (χ4n) is 4.94. The highest BCUT2D eigenvalue weighted by molar-refractivity contribution is 6.22. The summed E-state index contributed by atoms with van der Waals surface area (Å²) in [4.78, 5) is 83.5. The topological polar surface area (TPSA) is 240 Å². The Morgan fingerprint density at radius 2 is 1.59 bits per heavy atom. The van der Waals surface area contributed by atoms with Crippen molar-refractivity contribution in [3.05, 3.63) is 47.4 Å². The molecule has 6 atom stereocenters. The fraction of sp³-hybridized carbons (Fsp3) is 0.375. The van der Waals surface area contributed by atoms with Crippen molar-refractivity contribution in [1.82, 2.24) is 14.9 Å². The lowest BCUT2D eigenvalue weighted by Gasteiger charge is -2.56. The van der Waals surface area contributed by atoms with Gasteiger partial charge in [-0.25, -0.2) is 4.98 Å². The number of aliphatic hydroxyl groups is 3. The number of imidazole rings is 1. The molecule has 2 aliphatic rings. The quantitative estimate of drug-likeness (QED) is 0.224. The van der Waals surface area contributed by atoms with Gasteiger partial charge in [0.25, 0.3) is 17.7 Å². The summed E-state index contributed by atoms with van der Waals surface area (Å²) in [6, 6.07) is 3.17. The Balaban J connectivity index is 1.99. The second-order valence-electron chi connectivity index (χ2n) is 9.16. The van der Waals surface area contributed by atoms with Crippen molar-refractivity contribution in [3.63, 3.8) is 0 Å². The molecule has 0 saturated carbocycles. The van der Waals surface area contributed by atoms with Crippen molar-refractivity contribution in [1.29, 1.82) is 0 Å². The van der Waals surface area contributed by atoms with Crippen LogP contribution in [-0.4, -0.2) is 101 Å². The van der Waals surface area contributed by atoms with Gasteiger partial charge in [-0.1, -0.05) is 12.1 Å². The van der Waals surface area contributed by atoms with E-state index in [4.69, 9.17) is 15.2 Å². The van der Waals surface area contributed by atoms with Crippen molar-refractivity contribution < 1.29 is 53.6 Å². The number of aromatic amines is 1. The van der Waals surface area contributed by atoms with Crippen LogP contribution in [0.1, 0.15) is 52.0 Å². The summed E-state index contributed by atoms with van der Waals surface area (Å²) < 4.78 is 11.3. The van der Waals surface area contributed by atoms with E-state index >= 15 is 0 Å². The number of Topliss-reactive ketones (excluding diaryl/α,β-unsaturated/α-hetero) is 3. The second-order valence-corrected chi connectivity index (χ2v) is 9.16. The summed E-state index contributed by atoms with van der Waals surface area (Å²) in [5.41, 5.74) is -2.21. The standard InChI is InChI=1S/C24H24N4O11/c1-9(29)15(32)17-24(37,11(3)31)23(36,10(2)30)16(22(38-17)39-19-14(18(25)33)26-8-27-19)28-20(34)12-6-4-5-7-13(12)21(28)35/h4-8,15-17,22,32,36-37H,1-3H3,(H2,25,33)(H,26,27)/t15?,16-,17-,22+,23-,24-/m1/s1. The molecule has 1 unspecified atom stereocenters. The molecule has 0 aliphatic carbocycles. The number of carbonyl (C=O) groups is 6. The molecule has 39 heavy (non-hydrogen) atoms. The lowest BCUT2D eigenvalue weighted by atomic mass is 9.65. The van der Waals surface area contributed by atoms with Gasteiger partial charge in [-0.2, -0.15) is 0 Å². The van der Waals surface area contributed by atoms with E-state index in [-0.39, 0.29) is 11.1 Å². The van der Waals surface area contributed by atoms with Gasteiger partial charge >= 0.3 is 0 Å². The number of amides is 3. The molecule has 3 amide bonds. The van der Waals surface area contributed by atoms with Crippen LogP contribution in [0.4, 0.5) is 0 Å². The summed E-state index contributed by atoms with van der Waals surface area (Å²) in [6.45, 7) is 2.38. The number of ketones is 3. The highest BCUT2D eigenvalue weighted by Crippen LogP contribution is 2.45. The Hall–Kier alpha value is -4.31. The molecule has 6 N–H and O–H groups in total. The molecule has 4 rings (SSSR count). The molecular formula is C24H24N4O11. The first kappa shape index (κ1) is 27.7. The van der Waals surface area contributed by atoms with E-state index in [1.54, 1.807) is 0 Å². The maximum Gasteiger partial charge on any atom is 0.270 e. The number of imide groups is 1. The number of nitrogens with two attached hydrogens (primary N) is 1. The van der Waals surface area contributed by atoms with E-state index in [1.807, 2.05) is 0 Å². The Morgan fingerprint density at radius 3 is 2.05 bits per heavy atom. The number of aromatic nitrogens is 2. The number of carbonyl (C=O) groups excluding carboxylic acids is 6. The van der Waals surface area contributed by atoms with E-state index in [1.165, 1.54) is 24.3 Å². The minimum absolute atomic E-state index is 0.137. The molecule has 1 saturated heterocycles. The Morgan fingerprint density at radius 1 is 1.05 bits per heavy atom. The van der Waals surface area contributed by atoms with E-state index in [0.717, 1.165) is 27.1 Å². The van der Waals surface area contributed by atoms with Gasteiger partial charge in [-0.15, -0.1) is 0 Å². The van der Waals surface area contributed by atoms with Gasteiger partial charge in [0.2, 0.25) is 12.2 Å². The largest absolute Gasteiger partial charge is 0.444 e. The minimum Gasteiger partial charge on any atom is -0.444 e. The first-order chi connectivity index (χ1) is 18.2. The van der Waals surface area contributed by atoms with Crippen molar-refractivity contribution in [2.24, 2.45) is 5.73 Å². The zero-order valence-corrected chi connectivity index (χ0v) is 20.8. The SMILES string of the molecule is CC(=O)C(O)[C@H]1O[C@@H](Oc2nc[nH]c2C(N)=O)[C@@H](N2C(=O)c3ccccc3C2=O)[C@](O)(C(C)=O)[C@@]1(O)C(C)=O. The molecule has 2 aromatic rings. The number of hydrogen-bond acceptors (Lipinski definition) is 12. The number of primary amides is 1. The van der Waals surface area contributed by atoms with E-state index < -0.39 is 82.4 Å². The Kier molecular flexibility index (Phi) is 6.72. The number of hydrogen-bond donors (Lipinski definition) is 5. The highest BCUT2D eigenvalue weighted by atomic mass is 16.7. The molecule has 1 fully saturated rings. The zero-order chi connectivity index (χ0) is 29.0. The van der Waals surface area contributed by atoms with Crippen LogP contribution in [0, 0.1) is 0 Å². The number of benzene rings is 1. The fourth-order valence-corrected chi connectivity index (χ4v) is 4.94. The van der Waals surface area contributed by atoms with Gasteiger partial charge in [0, 0.05) is 0 Å². The average molecular weight is 544 g/mol. The first-order valence-electron chi connectivity index (χ1n) is 11.5. The number of H-pyrrole nitrogens is 1. The molecule has 0 radical (unpaired) electrons. The predicted octanol–water partition coefficient (Wildman–Crippen LogP) is -2.13. The molecule has 1 aromatic carbocycles. The zero-order valence-electron chi connectivity index (χ0n) is 20.8. The lowest BCUT2D eigenvalue weighted by molar-refractivity contribution is -0.315. The number of fused-ring (bicyclic) bond motifs is 1. The second kappa shape index (κ2) is 9.46. The predicted molar refractivity (Wildman–Crippen MR) is 125 cm³/mol. The molecule has 0 spiro atoms. The number of aliphatic hydroxyl groups excluding tert-OH is 1. The molecular weight excluding hydrogens is 520 g/mol. The molecule has 15 nitrogen and oxygen atoms in total. The summed E-state index contributed by atoms with van der Waals surface area (Å²) >= 11 is 0. The number of ether oxygens (including phenoxy) is 2. The molecule has 1 aromatic heterocycles. The Bertz CT molecular complexity index is 1390. The van der Waals surface area contributed by atoms with Crippen LogP contribution < -0.4 is 10.5 Å². The van der Waals surface area contributed by atoms with Crippen molar-refractivity contribution in [3.8, 4) is 5.88 Å². The van der Waals surface area contributed by atoms with Gasteiger partial charge in [-0.05, 0) is 32.9 Å². The first-order valence-corrected chi connectivity index (χ1v) is 11.5. The molecule has 3 heterocycles. The van der Waals surface area contributed by atoms with E-state index in [9.17, 15) is 44.1 Å². The molecule has 0 bridgehead atoms. The minimum atomic E-state index is -3.42. The third-order valence-corrected chi connectivity index (χ3v) is 6.92. The lowest BCUT2D eigenvalue weighted by Crippen LogP contribution is -2.84. The van der Waals surface area contributed by atoms with Gasteiger partial charge in [0.05, 0.1) is 17.5 Å². The third-order valence-electron chi connectivity index (χ3n) is 6.92. The number of nitrogens with one attached hydrogen (secondary N) is 1. The molecule has 15 heteroatoms. The highest BCUT2D eigenvalue weighted by Gasteiger charge is 2.75. The maximum atomic E-state index is 13.5. The van der Waals surface area contributed by atoms with Crippen LogP contribution in [0.3, 0.4) is 0 Å². The summed E-state index contributed by atoms with van der Waals surface area (Å²) in [5.74, 6) is -7.49. The third kappa shape index (κ3) is 3.85. The van der Waals surface area contributed by atoms with Crippen molar-refractivity contribution in [2.45, 2.75) is 56.5 Å². The van der Waals surface area contributed by atoms with Gasteiger partial charge in [0.15, 0.2) is 34.2 Å². The number of rotatable bonds is 8. The van der Waals surface area contributed by atoms with Gasteiger partial charge < -0.3 is 35.5 Å². The van der Waals surface area contributed by atoms with Crippen LogP contribution in [0.15, 0.2) is 30.6 Å². The normalized spacial score (nSPS) is 29.1. The molecule has 2 aliphatic heterocycles. The van der Waals surface area contributed by atoms with Crippen LogP contribution in [0.25, 0.3) is 0 Å². The maximum absolute atomic E-state index is 13.5. The van der Waals surface area contributed by atoms with Crippen LogP contribution in [0.2, 0.25) is 0 Å². The van der Waals surface area contributed by atoms with E-state index in [0.29, 0.717) is 4.90 Å². The average Bonchev–Trinajstić information content (AvgIpc) is 3.44. The summed E-state index contributed by atoms with van der Waals surface area (Å²) in [5, 5.41) is 34.3. The smallest absolute Gasteiger partial charge is 0.270 e. The van der Waals surface area contributed by atoms with Gasteiger partial charge in [0.1, 0.15) is 18.2 Å². The number of nitrogens with zero attached hydrogens (tertiary/aromatic N) is 2. The monoisotopic (exact) mass is 544 g/mol.